The van der Waals surface area contributed by atoms with Crippen LogP contribution in [0.15, 0.2) is 11.7 Å². The highest BCUT2D eigenvalue weighted by Crippen LogP contribution is 2.34. The number of nitrogens with one attached hydrogen (secondary N) is 1. The summed E-state index contributed by atoms with van der Waals surface area (Å²) in [6, 6.07) is -0.623. The number of rotatable bonds is 3. The molecule has 2 heterocycles. The van der Waals surface area contributed by atoms with E-state index < -0.39 is 17.9 Å². The van der Waals surface area contributed by atoms with Gasteiger partial charge < -0.3 is 0 Å². The Bertz CT molecular complexity index is 537. The first-order chi connectivity index (χ1) is 9.66. The number of imide groups is 2. The van der Waals surface area contributed by atoms with E-state index in [0.717, 1.165) is 35.5 Å². The van der Waals surface area contributed by atoms with Crippen LogP contribution in [0, 0.1) is 11.8 Å². The molecule has 0 radical (unpaired) electrons. The summed E-state index contributed by atoms with van der Waals surface area (Å²) in [5.74, 6) is -1.44. The lowest BCUT2D eigenvalue weighted by Gasteiger charge is -2.32. The molecule has 3 rings (SSSR count). The monoisotopic (exact) mass is 293 g/mol. The van der Waals surface area contributed by atoms with Crippen LogP contribution in [0.2, 0.25) is 0 Å². The largest absolute Gasteiger partial charge is 0.331 e. The normalized spacial score (nSPS) is 24.3. The second-order valence-electron chi connectivity index (χ2n) is 5.21. The molecule has 2 fully saturated rings. The number of urea groups is 1. The van der Waals surface area contributed by atoms with Gasteiger partial charge in [0, 0.05) is 11.1 Å². The molecule has 1 unspecified atom stereocenters. The fourth-order valence-corrected chi connectivity index (χ4v) is 3.55. The molecule has 1 aliphatic carbocycles. The molecular formula is C13H15N3O3S. The predicted octanol–water partition coefficient (Wildman–Crippen LogP) is 1.53. The van der Waals surface area contributed by atoms with Crippen LogP contribution in [0.25, 0.3) is 0 Å². The van der Waals surface area contributed by atoms with Gasteiger partial charge in [-0.15, -0.1) is 11.3 Å². The van der Waals surface area contributed by atoms with Crippen molar-refractivity contribution >= 4 is 29.2 Å². The zero-order chi connectivity index (χ0) is 14.1. The molecule has 7 heteroatoms. The van der Waals surface area contributed by atoms with Crippen molar-refractivity contribution in [2.24, 2.45) is 11.8 Å². The lowest BCUT2D eigenvalue weighted by Crippen LogP contribution is -2.58. The number of nitrogens with zero attached hydrogens (tertiary/aromatic N) is 2. The van der Waals surface area contributed by atoms with E-state index in [1.54, 1.807) is 11.7 Å². The Balaban J connectivity index is 1.80. The van der Waals surface area contributed by atoms with Gasteiger partial charge in [0.15, 0.2) is 0 Å². The molecule has 1 saturated carbocycles. The quantitative estimate of drug-likeness (QED) is 0.857. The van der Waals surface area contributed by atoms with Crippen molar-refractivity contribution in [1.29, 1.82) is 0 Å². The maximum Gasteiger partial charge on any atom is 0.331 e. The van der Waals surface area contributed by atoms with Gasteiger partial charge in [-0.3, -0.25) is 24.8 Å². The van der Waals surface area contributed by atoms with Gasteiger partial charge in [0.1, 0.15) is 5.92 Å². The molecule has 4 amide bonds. The lowest BCUT2D eigenvalue weighted by molar-refractivity contribution is -0.145. The second-order valence-corrected chi connectivity index (χ2v) is 6.18. The van der Waals surface area contributed by atoms with E-state index in [2.05, 4.69) is 10.3 Å². The first-order valence-corrected chi connectivity index (χ1v) is 7.58. The third kappa shape index (κ3) is 2.33. The summed E-state index contributed by atoms with van der Waals surface area (Å²) in [6.07, 6.45) is 5.49. The summed E-state index contributed by atoms with van der Waals surface area (Å²) in [5.41, 5.74) is 1.65. The third-order valence-electron chi connectivity index (χ3n) is 3.96. The fraction of sp³-hybridized carbons (Fsp3) is 0.538. The van der Waals surface area contributed by atoms with E-state index in [4.69, 9.17) is 0 Å². The smallest absolute Gasteiger partial charge is 0.277 e. The van der Waals surface area contributed by atoms with Crippen LogP contribution < -0.4 is 5.32 Å². The molecule has 0 aromatic carbocycles. The van der Waals surface area contributed by atoms with Gasteiger partial charge in [-0.1, -0.05) is 12.8 Å². The summed E-state index contributed by atoms with van der Waals surface area (Å²) in [4.78, 5) is 42.2. The molecular weight excluding hydrogens is 278 g/mol. The van der Waals surface area contributed by atoms with Crippen LogP contribution in [0.4, 0.5) is 4.79 Å². The number of carbonyl (C=O) groups excluding carboxylic acids is 3. The standard InChI is InChI=1S/C13H15N3O3S/c17-11-10(8-3-1-2-4-8)12(18)16(13(19)15-11)6-9-5-14-7-20-9/h5,7-8,10H,1-4,6H2,(H,15,17,19). The van der Waals surface area contributed by atoms with Crippen LogP contribution in [0.5, 0.6) is 0 Å². The van der Waals surface area contributed by atoms with Crippen LogP contribution in [0.1, 0.15) is 30.6 Å². The summed E-state index contributed by atoms with van der Waals surface area (Å²) < 4.78 is 0. The summed E-state index contributed by atoms with van der Waals surface area (Å²) >= 11 is 1.38. The number of amides is 4. The molecule has 1 aliphatic heterocycles. The summed E-state index contributed by atoms with van der Waals surface area (Å²) in [7, 11) is 0. The van der Waals surface area contributed by atoms with Crippen molar-refractivity contribution in [3.05, 3.63) is 16.6 Å². The topological polar surface area (TPSA) is 79.4 Å². The van der Waals surface area contributed by atoms with Gasteiger partial charge in [-0.2, -0.15) is 0 Å². The predicted molar refractivity (Wildman–Crippen MR) is 71.7 cm³/mol. The van der Waals surface area contributed by atoms with Crippen LogP contribution >= 0.6 is 11.3 Å². The van der Waals surface area contributed by atoms with Gasteiger partial charge in [0.2, 0.25) is 11.8 Å². The Kier molecular flexibility index (Phi) is 3.52. The Labute approximate surface area is 120 Å². The zero-order valence-electron chi connectivity index (χ0n) is 10.9. The molecule has 1 aromatic rings. The second kappa shape index (κ2) is 5.32. The molecule has 1 saturated heterocycles. The van der Waals surface area contributed by atoms with Crippen molar-refractivity contribution in [1.82, 2.24) is 15.2 Å². The highest BCUT2D eigenvalue weighted by molar-refractivity contribution is 7.09. The molecule has 1 N–H and O–H groups in total. The lowest BCUT2D eigenvalue weighted by atomic mass is 9.87. The fourth-order valence-electron chi connectivity index (χ4n) is 2.96. The van der Waals surface area contributed by atoms with E-state index in [9.17, 15) is 14.4 Å². The number of thiazole rings is 1. The third-order valence-corrected chi connectivity index (χ3v) is 4.72. The van der Waals surface area contributed by atoms with Gasteiger partial charge in [0.05, 0.1) is 12.1 Å². The number of carbonyl (C=O) groups is 3. The highest BCUT2D eigenvalue weighted by atomic mass is 32.1. The first kappa shape index (κ1) is 13.2. The first-order valence-electron chi connectivity index (χ1n) is 6.70. The molecule has 20 heavy (non-hydrogen) atoms. The minimum atomic E-state index is -0.705. The van der Waals surface area contributed by atoms with Gasteiger partial charge in [-0.05, 0) is 18.8 Å². The SMILES string of the molecule is O=C1NC(=O)N(Cc2cncs2)C(=O)C1C1CCCC1. The van der Waals surface area contributed by atoms with E-state index >= 15 is 0 Å². The maximum absolute atomic E-state index is 12.5. The average molecular weight is 293 g/mol. The summed E-state index contributed by atoms with van der Waals surface area (Å²) in [6.45, 7) is 0.186. The Morgan fingerprint density at radius 3 is 2.70 bits per heavy atom. The molecule has 0 bridgehead atoms. The molecule has 106 valence electrons. The van der Waals surface area contributed by atoms with Gasteiger partial charge in [0.25, 0.3) is 0 Å². The minimum absolute atomic E-state index is 0.0690. The number of hydrogen-bond donors (Lipinski definition) is 1. The number of aromatic nitrogens is 1. The van der Waals surface area contributed by atoms with E-state index in [1.165, 1.54) is 11.3 Å². The van der Waals surface area contributed by atoms with Crippen molar-refractivity contribution < 1.29 is 14.4 Å². The van der Waals surface area contributed by atoms with E-state index in [-0.39, 0.29) is 18.4 Å². The summed E-state index contributed by atoms with van der Waals surface area (Å²) in [5, 5.41) is 2.31. The molecule has 0 spiro atoms. The maximum atomic E-state index is 12.5. The zero-order valence-corrected chi connectivity index (χ0v) is 11.7. The van der Waals surface area contributed by atoms with E-state index in [0.29, 0.717) is 0 Å². The van der Waals surface area contributed by atoms with Crippen molar-refractivity contribution in [3.63, 3.8) is 0 Å². The van der Waals surface area contributed by atoms with Crippen molar-refractivity contribution in [2.45, 2.75) is 32.2 Å². The molecule has 6 nitrogen and oxygen atoms in total. The molecule has 2 aliphatic rings. The number of hydrogen-bond acceptors (Lipinski definition) is 5. The average Bonchev–Trinajstić information content (AvgIpc) is 3.07. The van der Waals surface area contributed by atoms with Crippen LogP contribution in [-0.4, -0.2) is 27.7 Å². The van der Waals surface area contributed by atoms with Crippen molar-refractivity contribution in [2.75, 3.05) is 0 Å². The Morgan fingerprint density at radius 1 is 1.30 bits per heavy atom. The van der Waals surface area contributed by atoms with Gasteiger partial charge >= 0.3 is 6.03 Å². The number of barbiturate groups is 1. The minimum Gasteiger partial charge on any atom is -0.277 e. The highest BCUT2D eigenvalue weighted by Gasteiger charge is 2.45. The Hall–Kier alpha value is -1.76. The van der Waals surface area contributed by atoms with Crippen molar-refractivity contribution in [3.8, 4) is 0 Å². The molecule has 1 atom stereocenters. The van der Waals surface area contributed by atoms with Crippen LogP contribution in [0.3, 0.4) is 0 Å². The molecule has 1 aromatic heterocycles. The Morgan fingerprint density at radius 2 is 2.05 bits per heavy atom. The van der Waals surface area contributed by atoms with E-state index in [1.807, 2.05) is 0 Å². The van der Waals surface area contributed by atoms with Gasteiger partial charge in [-0.25, -0.2) is 4.79 Å². The van der Waals surface area contributed by atoms with Crippen LogP contribution in [-0.2, 0) is 16.1 Å².